The third kappa shape index (κ3) is 4.65. The van der Waals surface area contributed by atoms with E-state index < -0.39 is 5.82 Å². The molecule has 2 aromatic carbocycles. The fourth-order valence-corrected chi connectivity index (χ4v) is 2.58. The van der Waals surface area contributed by atoms with E-state index in [9.17, 15) is 9.18 Å². The maximum atomic E-state index is 13.1. The van der Waals surface area contributed by atoms with Gasteiger partial charge in [-0.2, -0.15) is 0 Å². The van der Waals surface area contributed by atoms with Crippen LogP contribution in [0.15, 0.2) is 42.5 Å². The molecule has 0 unspecified atom stereocenters. The van der Waals surface area contributed by atoms with Crippen molar-refractivity contribution in [2.75, 3.05) is 5.75 Å². The molecule has 0 saturated carbocycles. The van der Waals surface area contributed by atoms with Crippen LogP contribution >= 0.6 is 23.4 Å². The van der Waals surface area contributed by atoms with Gasteiger partial charge in [0.15, 0.2) is 0 Å². The van der Waals surface area contributed by atoms with Gasteiger partial charge in [0.2, 0.25) is 5.91 Å². The van der Waals surface area contributed by atoms with Crippen LogP contribution in [-0.4, -0.2) is 11.7 Å². The Morgan fingerprint density at radius 1 is 1.29 bits per heavy atom. The monoisotopic (exact) mass is 325 g/mol. The number of rotatable bonds is 6. The smallest absolute Gasteiger partial charge is 0.227 e. The summed E-state index contributed by atoms with van der Waals surface area (Å²) in [5.74, 6) is 1.08. The Bertz CT molecular complexity index is 651. The zero-order valence-corrected chi connectivity index (χ0v) is 12.6. The maximum Gasteiger partial charge on any atom is 0.227 e. The predicted octanol–water partition coefficient (Wildman–Crippen LogP) is 3.99. The van der Waals surface area contributed by atoms with Gasteiger partial charge in [0.05, 0.1) is 10.8 Å². The fraction of sp³-hybridized carbons (Fsp3) is 0.133. The van der Waals surface area contributed by atoms with Gasteiger partial charge in [0.1, 0.15) is 17.3 Å². The van der Waals surface area contributed by atoms with E-state index in [1.54, 1.807) is 6.07 Å². The van der Waals surface area contributed by atoms with Gasteiger partial charge in [-0.15, -0.1) is 11.8 Å². The van der Waals surface area contributed by atoms with Gasteiger partial charge in [-0.3, -0.25) is 4.79 Å². The maximum absolute atomic E-state index is 13.1. The number of thioether (sulfide) groups is 1. The van der Waals surface area contributed by atoms with E-state index in [0.717, 1.165) is 5.56 Å². The van der Waals surface area contributed by atoms with E-state index in [0.29, 0.717) is 17.3 Å². The molecule has 6 heteroatoms. The zero-order chi connectivity index (χ0) is 15.2. The summed E-state index contributed by atoms with van der Waals surface area (Å²) in [6.07, 6.45) is 0. The van der Waals surface area contributed by atoms with Crippen LogP contribution in [0.2, 0.25) is 5.02 Å². The summed E-state index contributed by atoms with van der Waals surface area (Å²) < 4.78 is 18.8. The average molecular weight is 326 g/mol. The topological polar surface area (TPSA) is 52.3 Å². The van der Waals surface area contributed by atoms with Crippen molar-refractivity contribution in [3.63, 3.8) is 0 Å². The molecule has 0 radical (unpaired) electrons. The molecule has 0 aliphatic rings. The second kappa shape index (κ2) is 7.33. The number of nitrogens with two attached hydrogens (primary N) is 1. The number of amides is 1. The van der Waals surface area contributed by atoms with Crippen LogP contribution in [0.3, 0.4) is 0 Å². The number of para-hydroxylation sites is 1. The highest BCUT2D eigenvalue weighted by Gasteiger charge is 2.07. The van der Waals surface area contributed by atoms with Crippen molar-refractivity contribution in [1.29, 1.82) is 0 Å². The molecule has 2 N–H and O–H groups in total. The van der Waals surface area contributed by atoms with Gasteiger partial charge in [0, 0.05) is 17.4 Å². The second-order valence-electron chi connectivity index (χ2n) is 4.24. The van der Waals surface area contributed by atoms with Crippen molar-refractivity contribution in [1.82, 2.24) is 0 Å². The first-order valence-electron chi connectivity index (χ1n) is 6.13. The summed E-state index contributed by atoms with van der Waals surface area (Å²) >= 11 is 7.13. The molecule has 21 heavy (non-hydrogen) atoms. The van der Waals surface area contributed by atoms with E-state index in [2.05, 4.69) is 0 Å². The van der Waals surface area contributed by atoms with Gasteiger partial charge in [0.25, 0.3) is 0 Å². The summed E-state index contributed by atoms with van der Waals surface area (Å²) in [6, 6.07) is 11.6. The number of hydrogen-bond donors (Lipinski definition) is 1. The normalized spacial score (nSPS) is 10.4. The number of primary amides is 1. The molecule has 2 aromatic rings. The largest absolute Gasteiger partial charge is 0.457 e. The van der Waals surface area contributed by atoms with Crippen molar-refractivity contribution in [2.45, 2.75) is 5.75 Å². The Morgan fingerprint density at radius 3 is 2.76 bits per heavy atom. The van der Waals surface area contributed by atoms with Gasteiger partial charge in [-0.25, -0.2) is 4.39 Å². The second-order valence-corrected chi connectivity index (χ2v) is 5.64. The lowest BCUT2D eigenvalue weighted by atomic mass is 10.2. The van der Waals surface area contributed by atoms with Crippen molar-refractivity contribution in [3.05, 3.63) is 58.9 Å². The van der Waals surface area contributed by atoms with E-state index in [4.69, 9.17) is 22.1 Å². The number of benzene rings is 2. The Labute approximate surface area is 131 Å². The molecule has 0 spiro atoms. The third-order valence-corrected chi connectivity index (χ3v) is 3.89. The molecule has 3 nitrogen and oxygen atoms in total. The first-order valence-corrected chi connectivity index (χ1v) is 7.66. The molecule has 0 fully saturated rings. The van der Waals surface area contributed by atoms with Crippen LogP contribution in [0.4, 0.5) is 4.39 Å². The molecule has 0 atom stereocenters. The Kier molecular flexibility index (Phi) is 5.47. The molecule has 0 heterocycles. The number of halogens is 2. The van der Waals surface area contributed by atoms with Crippen molar-refractivity contribution in [3.8, 4) is 11.5 Å². The minimum absolute atomic E-state index is 0.00749. The average Bonchev–Trinajstić information content (AvgIpc) is 2.44. The summed E-state index contributed by atoms with van der Waals surface area (Å²) in [5.41, 5.74) is 6.03. The van der Waals surface area contributed by atoms with Crippen LogP contribution in [0.5, 0.6) is 11.5 Å². The minimum atomic E-state index is -0.491. The quantitative estimate of drug-likeness (QED) is 0.873. The first-order chi connectivity index (χ1) is 10.1. The van der Waals surface area contributed by atoms with E-state index in [1.807, 2.05) is 18.2 Å². The molecule has 0 saturated heterocycles. The highest BCUT2D eigenvalue weighted by Crippen LogP contribution is 2.30. The molecule has 0 bridgehead atoms. The van der Waals surface area contributed by atoms with Crippen LogP contribution in [0.1, 0.15) is 5.56 Å². The molecule has 1 amide bonds. The Balaban J connectivity index is 2.12. The lowest BCUT2D eigenvalue weighted by Gasteiger charge is -2.11. The van der Waals surface area contributed by atoms with Crippen molar-refractivity contribution >= 4 is 29.3 Å². The minimum Gasteiger partial charge on any atom is -0.457 e. The highest BCUT2D eigenvalue weighted by molar-refractivity contribution is 7.99. The first kappa shape index (κ1) is 15.7. The third-order valence-electron chi connectivity index (χ3n) is 2.59. The molecule has 2 rings (SSSR count). The van der Waals surface area contributed by atoms with Crippen molar-refractivity contribution < 1.29 is 13.9 Å². The number of hydrogen-bond acceptors (Lipinski definition) is 3. The molecule has 0 aliphatic heterocycles. The number of carbonyl (C=O) groups excluding carboxylic acids is 1. The van der Waals surface area contributed by atoms with Crippen LogP contribution in [0.25, 0.3) is 0 Å². The molecule has 110 valence electrons. The lowest BCUT2D eigenvalue weighted by Crippen LogP contribution is -2.13. The van der Waals surface area contributed by atoms with Crippen LogP contribution in [0, 0.1) is 5.82 Å². The lowest BCUT2D eigenvalue weighted by molar-refractivity contribution is -0.115. The highest BCUT2D eigenvalue weighted by atomic mass is 35.5. The van der Waals surface area contributed by atoms with E-state index in [1.165, 1.54) is 30.0 Å². The number of carbonyl (C=O) groups is 1. The summed E-state index contributed by atoms with van der Waals surface area (Å²) in [5, 5.41) is 0.00749. The predicted molar refractivity (Wildman–Crippen MR) is 83.3 cm³/mol. The van der Waals surface area contributed by atoms with Gasteiger partial charge >= 0.3 is 0 Å². The molecule has 0 aromatic heterocycles. The molecular weight excluding hydrogens is 313 g/mol. The van der Waals surface area contributed by atoms with Gasteiger partial charge < -0.3 is 10.5 Å². The number of ether oxygens (including phenoxy) is 1. The summed E-state index contributed by atoms with van der Waals surface area (Å²) in [6.45, 7) is 0. The fourth-order valence-electron chi connectivity index (χ4n) is 1.65. The van der Waals surface area contributed by atoms with E-state index >= 15 is 0 Å². The summed E-state index contributed by atoms with van der Waals surface area (Å²) in [4.78, 5) is 10.8. The van der Waals surface area contributed by atoms with Crippen molar-refractivity contribution in [2.24, 2.45) is 5.73 Å². The SMILES string of the molecule is NC(=O)CSCc1ccccc1Oc1ccc(F)c(Cl)c1. The zero-order valence-electron chi connectivity index (χ0n) is 11.0. The molecular formula is C15H13ClFNO2S. The summed E-state index contributed by atoms with van der Waals surface area (Å²) in [7, 11) is 0. The Hall–Kier alpha value is -1.72. The Morgan fingerprint density at radius 2 is 2.05 bits per heavy atom. The van der Waals surface area contributed by atoms with Gasteiger partial charge in [-0.1, -0.05) is 29.8 Å². The standard InChI is InChI=1S/C15H13ClFNO2S/c16-12-7-11(5-6-13(12)17)20-14-4-2-1-3-10(14)8-21-9-15(18)19/h1-7H,8-9H2,(H2,18,19). The van der Waals surface area contributed by atoms with Gasteiger partial charge in [-0.05, 0) is 18.2 Å². The van der Waals surface area contributed by atoms with E-state index in [-0.39, 0.29) is 16.7 Å². The van der Waals surface area contributed by atoms with Crippen LogP contribution in [-0.2, 0) is 10.5 Å². The molecule has 0 aliphatic carbocycles. The van der Waals surface area contributed by atoms with Crippen LogP contribution < -0.4 is 10.5 Å².